The van der Waals surface area contributed by atoms with Crippen molar-refractivity contribution in [3.8, 4) is 23.0 Å². The Bertz CT molecular complexity index is 1500. The minimum absolute atomic E-state index is 0.0352. The molecule has 7 nitrogen and oxygen atoms in total. The summed E-state index contributed by atoms with van der Waals surface area (Å²) in [6.07, 6.45) is 5.07. The first-order valence-corrected chi connectivity index (χ1v) is 11.5. The van der Waals surface area contributed by atoms with Crippen LogP contribution in [0.3, 0.4) is 0 Å². The van der Waals surface area contributed by atoms with Crippen molar-refractivity contribution in [3.63, 3.8) is 0 Å². The lowest BCUT2D eigenvalue weighted by molar-refractivity contribution is 0.372. The molecule has 0 aliphatic carbocycles. The van der Waals surface area contributed by atoms with Gasteiger partial charge in [0.2, 0.25) is 4.80 Å². The molecular weight excluding hydrogens is 504 g/mol. The topological polar surface area (TPSA) is 85.1 Å². The fourth-order valence-electron chi connectivity index (χ4n) is 3.25. The largest absolute Gasteiger partial charge is 0.503 e. The summed E-state index contributed by atoms with van der Waals surface area (Å²) in [6.45, 7) is 0. The van der Waals surface area contributed by atoms with E-state index in [9.17, 15) is 5.11 Å². The molecule has 0 unspecified atom stereocenters. The van der Waals surface area contributed by atoms with Gasteiger partial charge >= 0.3 is 0 Å². The van der Waals surface area contributed by atoms with E-state index >= 15 is 0 Å². The van der Waals surface area contributed by atoms with Crippen molar-refractivity contribution in [2.24, 2.45) is 10.1 Å². The van der Waals surface area contributed by atoms with Crippen molar-refractivity contribution < 1.29 is 14.3 Å². The Morgan fingerprint density at radius 2 is 2.06 bits per heavy atom. The number of phenols is 1. The number of benzene rings is 2. The van der Waals surface area contributed by atoms with E-state index in [1.807, 2.05) is 47.8 Å². The van der Waals surface area contributed by atoms with Gasteiger partial charge in [-0.05, 0) is 57.9 Å². The van der Waals surface area contributed by atoms with Crippen molar-refractivity contribution >= 4 is 50.1 Å². The number of thiazole rings is 1. The van der Waals surface area contributed by atoms with Crippen molar-refractivity contribution in [2.45, 2.75) is 0 Å². The zero-order valence-corrected chi connectivity index (χ0v) is 19.7. The van der Waals surface area contributed by atoms with Gasteiger partial charge in [0, 0.05) is 17.0 Å². The van der Waals surface area contributed by atoms with Crippen molar-refractivity contribution in [2.75, 3.05) is 7.11 Å². The molecule has 0 saturated carbocycles. The molecule has 3 aromatic heterocycles. The van der Waals surface area contributed by atoms with Gasteiger partial charge in [0.1, 0.15) is 11.3 Å². The van der Waals surface area contributed by atoms with Gasteiger partial charge in [-0.15, -0.1) is 11.3 Å². The second-order valence-electron chi connectivity index (χ2n) is 6.98. The van der Waals surface area contributed by atoms with Gasteiger partial charge < -0.3 is 14.3 Å². The van der Waals surface area contributed by atoms with Gasteiger partial charge in [0.15, 0.2) is 17.3 Å². The van der Waals surface area contributed by atoms with Crippen LogP contribution in [-0.2, 0) is 0 Å². The number of phenolic OH excluding ortho intramolecular Hbond substituents is 1. The standard InChI is InChI=1S/C24H17BrN4O3S/c1-31-22-10-15(9-18(25)23(22)30)12-27-29-19(21-11-16-5-2-3-7-20(16)32-21)14-33-24(29)28-17-6-4-8-26-13-17/h2-14,30H,1H3. The van der Waals surface area contributed by atoms with E-state index in [1.165, 1.54) is 18.4 Å². The predicted molar refractivity (Wildman–Crippen MR) is 132 cm³/mol. The number of para-hydroxylation sites is 1. The molecule has 0 amide bonds. The number of rotatable bonds is 5. The molecule has 0 saturated heterocycles. The highest BCUT2D eigenvalue weighted by atomic mass is 79.9. The Balaban J connectivity index is 1.65. The third-order valence-electron chi connectivity index (χ3n) is 4.83. The summed E-state index contributed by atoms with van der Waals surface area (Å²) < 4.78 is 13.6. The SMILES string of the molecule is COc1cc(C=Nn2c(-c3cc4ccccc4o3)csc2=Nc2cccnc2)cc(Br)c1O. The van der Waals surface area contributed by atoms with E-state index in [0.717, 1.165) is 22.2 Å². The predicted octanol–water partition coefficient (Wildman–Crippen LogP) is 5.95. The molecule has 5 rings (SSSR count). The number of hydrogen-bond donors (Lipinski definition) is 1. The number of nitrogens with zero attached hydrogens (tertiary/aromatic N) is 4. The van der Waals surface area contributed by atoms with Crippen LogP contribution in [0.5, 0.6) is 11.5 Å². The quantitative estimate of drug-likeness (QED) is 0.290. The van der Waals surface area contributed by atoms with Crippen LogP contribution in [0.4, 0.5) is 5.69 Å². The normalized spacial score (nSPS) is 12.1. The number of aromatic nitrogens is 2. The first-order valence-electron chi connectivity index (χ1n) is 9.87. The molecule has 1 N–H and O–H groups in total. The molecular formula is C24H17BrN4O3S. The second kappa shape index (κ2) is 9.05. The zero-order valence-electron chi connectivity index (χ0n) is 17.3. The van der Waals surface area contributed by atoms with Crippen LogP contribution in [0.2, 0.25) is 0 Å². The molecule has 0 fully saturated rings. The van der Waals surface area contributed by atoms with Crippen LogP contribution in [0.25, 0.3) is 22.4 Å². The summed E-state index contributed by atoms with van der Waals surface area (Å²) in [7, 11) is 1.50. The van der Waals surface area contributed by atoms with Gasteiger partial charge in [-0.1, -0.05) is 18.2 Å². The van der Waals surface area contributed by atoms with Crippen molar-refractivity contribution in [1.29, 1.82) is 0 Å². The number of methoxy groups -OCH3 is 1. The summed E-state index contributed by atoms with van der Waals surface area (Å²) in [5.41, 5.74) is 3.01. The molecule has 9 heteroatoms. The molecule has 0 radical (unpaired) electrons. The summed E-state index contributed by atoms with van der Waals surface area (Å²) in [5.74, 6) is 1.06. The Hall–Kier alpha value is -3.69. The molecule has 5 aromatic rings. The third kappa shape index (κ3) is 4.33. The number of aromatic hydroxyl groups is 1. The number of ether oxygens (including phenoxy) is 1. The number of pyridine rings is 1. The van der Waals surface area contributed by atoms with Gasteiger partial charge in [0.05, 0.1) is 29.7 Å². The minimum Gasteiger partial charge on any atom is -0.503 e. The van der Waals surface area contributed by atoms with Gasteiger partial charge in [-0.25, -0.2) is 9.67 Å². The van der Waals surface area contributed by atoms with E-state index in [2.05, 4.69) is 20.9 Å². The number of furan rings is 1. The van der Waals surface area contributed by atoms with Crippen molar-refractivity contribution in [1.82, 2.24) is 9.66 Å². The molecule has 0 atom stereocenters. The Labute approximate surface area is 201 Å². The molecule has 0 aliphatic heterocycles. The Kier molecular flexibility index (Phi) is 5.80. The lowest BCUT2D eigenvalue weighted by atomic mass is 10.2. The Morgan fingerprint density at radius 1 is 1.18 bits per heavy atom. The maximum atomic E-state index is 10.1. The average molecular weight is 521 g/mol. The summed E-state index contributed by atoms with van der Waals surface area (Å²) >= 11 is 4.79. The fourth-order valence-corrected chi connectivity index (χ4v) is 4.54. The van der Waals surface area contributed by atoms with E-state index in [-0.39, 0.29) is 5.75 Å². The fraction of sp³-hybridized carbons (Fsp3) is 0.0417. The van der Waals surface area contributed by atoms with Gasteiger partial charge in [0.25, 0.3) is 0 Å². The molecule has 2 aromatic carbocycles. The lowest BCUT2D eigenvalue weighted by Crippen LogP contribution is -2.11. The highest BCUT2D eigenvalue weighted by Crippen LogP contribution is 2.35. The summed E-state index contributed by atoms with van der Waals surface area (Å²) in [5, 5.41) is 17.7. The van der Waals surface area contributed by atoms with E-state index in [0.29, 0.717) is 26.5 Å². The van der Waals surface area contributed by atoms with E-state index in [4.69, 9.17) is 19.2 Å². The Morgan fingerprint density at radius 3 is 2.85 bits per heavy atom. The highest BCUT2D eigenvalue weighted by Gasteiger charge is 2.13. The molecule has 164 valence electrons. The van der Waals surface area contributed by atoms with Gasteiger partial charge in [-0.3, -0.25) is 4.98 Å². The number of hydrogen-bond acceptors (Lipinski definition) is 7. The minimum atomic E-state index is 0.0352. The van der Waals surface area contributed by atoms with Crippen molar-refractivity contribution in [3.05, 3.63) is 87.2 Å². The lowest BCUT2D eigenvalue weighted by Gasteiger charge is -2.06. The molecule has 33 heavy (non-hydrogen) atoms. The van der Waals surface area contributed by atoms with Crippen LogP contribution < -0.4 is 9.54 Å². The van der Waals surface area contributed by atoms with Crippen LogP contribution in [0.1, 0.15) is 5.56 Å². The van der Waals surface area contributed by atoms with E-state index in [1.54, 1.807) is 35.4 Å². The highest BCUT2D eigenvalue weighted by molar-refractivity contribution is 9.10. The zero-order chi connectivity index (χ0) is 22.8. The first kappa shape index (κ1) is 21.2. The summed E-state index contributed by atoms with van der Waals surface area (Å²) in [4.78, 5) is 9.50. The first-order chi connectivity index (χ1) is 16.1. The van der Waals surface area contributed by atoms with Crippen LogP contribution in [-0.4, -0.2) is 28.1 Å². The molecule has 0 spiro atoms. The van der Waals surface area contributed by atoms with Crippen LogP contribution in [0, 0.1) is 0 Å². The maximum Gasteiger partial charge on any atom is 0.211 e. The number of fused-ring (bicyclic) bond motifs is 1. The van der Waals surface area contributed by atoms with Crippen LogP contribution in [0.15, 0.2) is 91.4 Å². The third-order valence-corrected chi connectivity index (χ3v) is 6.25. The second-order valence-corrected chi connectivity index (χ2v) is 8.68. The average Bonchev–Trinajstić information content (AvgIpc) is 3.44. The monoisotopic (exact) mass is 520 g/mol. The summed E-state index contributed by atoms with van der Waals surface area (Å²) in [6, 6.07) is 17.0. The molecule has 3 heterocycles. The van der Waals surface area contributed by atoms with Crippen LogP contribution >= 0.6 is 27.3 Å². The maximum absolute atomic E-state index is 10.1. The number of halogens is 1. The molecule has 0 bridgehead atoms. The van der Waals surface area contributed by atoms with Gasteiger partial charge in [-0.2, -0.15) is 5.10 Å². The van der Waals surface area contributed by atoms with E-state index < -0.39 is 0 Å². The smallest absolute Gasteiger partial charge is 0.211 e. The molecule has 0 aliphatic rings.